The Balaban J connectivity index is 2.00. The van der Waals surface area contributed by atoms with E-state index >= 15 is 0 Å². The van der Waals surface area contributed by atoms with Gasteiger partial charge in [0.15, 0.2) is 0 Å². The number of amides is 1. The van der Waals surface area contributed by atoms with Crippen LogP contribution in [-0.2, 0) is 9.59 Å². The summed E-state index contributed by atoms with van der Waals surface area (Å²) in [6, 6.07) is 3.09. The molecule has 1 aromatic rings. The van der Waals surface area contributed by atoms with E-state index < -0.39 is 12.0 Å². The van der Waals surface area contributed by atoms with E-state index in [4.69, 9.17) is 5.11 Å². The maximum atomic E-state index is 12.0. The number of rotatable bonds is 5. The Bertz CT molecular complexity index is 413. The molecule has 2 rings (SSSR count). The van der Waals surface area contributed by atoms with Gasteiger partial charge in [0, 0.05) is 4.88 Å². The van der Waals surface area contributed by atoms with Crippen LogP contribution in [0.2, 0.25) is 0 Å². The molecule has 5 nitrogen and oxygen atoms in total. The molecule has 0 spiro atoms. The second-order valence-electron chi connectivity index (χ2n) is 4.32. The number of hydrogen-bond donors (Lipinski definition) is 3. The van der Waals surface area contributed by atoms with E-state index in [2.05, 4.69) is 10.6 Å². The first-order chi connectivity index (χ1) is 8.66. The minimum absolute atomic E-state index is 0.0844. The number of thiophene rings is 1. The molecule has 1 fully saturated rings. The molecule has 0 saturated carbocycles. The van der Waals surface area contributed by atoms with Gasteiger partial charge in [0.05, 0.1) is 18.5 Å². The van der Waals surface area contributed by atoms with Gasteiger partial charge in [0.2, 0.25) is 5.91 Å². The molecule has 1 aromatic heterocycles. The second kappa shape index (κ2) is 5.97. The summed E-state index contributed by atoms with van der Waals surface area (Å²) in [7, 11) is 0. The number of aliphatic carboxylic acids is 1. The molecule has 18 heavy (non-hydrogen) atoms. The second-order valence-corrected chi connectivity index (χ2v) is 5.30. The molecule has 0 bridgehead atoms. The van der Waals surface area contributed by atoms with Gasteiger partial charge in [-0.1, -0.05) is 6.07 Å². The fourth-order valence-corrected chi connectivity index (χ4v) is 2.85. The third-order valence-electron chi connectivity index (χ3n) is 2.96. The van der Waals surface area contributed by atoms with Crippen LogP contribution in [0, 0.1) is 0 Å². The van der Waals surface area contributed by atoms with Gasteiger partial charge in [-0.15, -0.1) is 11.3 Å². The third kappa shape index (κ3) is 3.30. The SMILES string of the molecule is O=C(O)CC(NC(=O)C1CCCN1)c1cccs1. The van der Waals surface area contributed by atoms with Gasteiger partial charge in [-0.05, 0) is 30.8 Å². The summed E-state index contributed by atoms with van der Waals surface area (Å²) in [5, 5.41) is 16.7. The maximum absolute atomic E-state index is 12.0. The highest BCUT2D eigenvalue weighted by molar-refractivity contribution is 7.10. The van der Waals surface area contributed by atoms with Crippen molar-refractivity contribution in [1.82, 2.24) is 10.6 Å². The van der Waals surface area contributed by atoms with Gasteiger partial charge >= 0.3 is 5.97 Å². The number of hydrogen-bond acceptors (Lipinski definition) is 4. The summed E-state index contributed by atoms with van der Waals surface area (Å²) in [6.07, 6.45) is 1.72. The summed E-state index contributed by atoms with van der Waals surface area (Å²) in [5.41, 5.74) is 0. The molecule has 2 atom stereocenters. The lowest BCUT2D eigenvalue weighted by atomic mass is 10.1. The molecule has 6 heteroatoms. The lowest BCUT2D eigenvalue weighted by Crippen LogP contribution is -2.42. The Hall–Kier alpha value is -1.40. The smallest absolute Gasteiger partial charge is 0.305 e. The lowest BCUT2D eigenvalue weighted by molar-refractivity contribution is -0.137. The third-order valence-corrected chi connectivity index (χ3v) is 3.94. The summed E-state index contributed by atoms with van der Waals surface area (Å²) in [5.74, 6) is -1.01. The standard InChI is InChI=1S/C12H16N2O3S/c15-11(16)7-9(10-4-2-6-18-10)14-12(17)8-3-1-5-13-8/h2,4,6,8-9,13H,1,3,5,7H2,(H,14,17)(H,15,16). The van der Waals surface area contributed by atoms with Gasteiger partial charge in [-0.25, -0.2) is 0 Å². The van der Waals surface area contributed by atoms with Crippen molar-refractivity contribution in [2.75, 3.05) is 6.54 Å². The number of carboxylic acids is 1. The highest BCUT2D eigenvalue weighted by Crippen LogP contribution is 2.22. The summed E-state index contributed by atoms with van der Waals surface area (Å²) < 4.78 is 0. The van der Waals surface area contributed by atoms with E-state index in [0.717, 1.165) is 24.3 Å². The first-order valence-electron chi connectivity index (χ1n) is 5.96. The molecular formula is C12H16N2O3S. The van der Waals surface area contributed by atoms with Crippen LogP contribution in [0.1, 0.15) is 30.2 Å². The Morgan fingerprint density at radius 3 is 3.00 bits per heavy atom. The van der Waals surface area contributed by atoms with Crippen LogP contribution >= 0.6 is 11.3 Å². The highest BCUT2D eigenvalue weighted by atomic mass is 32.1. The van der Waals surface area contributed by atoms with Crippen molar-refractivity contribution in [2.24, 2.45) is 0 Å². The Kier molecular flexibility index (Phi) is 4.33. The number of carboxylic acid groups (broad SMARTS) is 1. The molecule has 1 amide bonds. The van der Waals surface area contributed by atoms with Crippen molar-refractivity contribution in [3.8, 4) is 0 Å². The van der Waals surface area contributed by atoms with Gasteiger partial charge < -0.3 is 15.7 Å². The van der Waals surface area contributed by atoms with Gasteiger partial charge in [0.25, 0.3) is 0 Å². The number of carbonyl (C=O) groups is 2. The van der Waals surface area contributed by atoms with E-state index in [-0.39, 0.29) is 18.4 Å². The zero-order valence-electron chi connectivity index (χ0n) is 9.89. The average molecular weight is 268 g/mol. The molecule has 0 radical (unpaired) electrons. The van der Waals surface area contributed by atoms with Gasteiger partial charge in [0.1, 0.15) is 0 Å². The van der Waals surface area contributed by atoms with Gasteiger partial charge in [-0.3, -0.25) is 9.59 Å². The van der Waals surface area contributed by atoms with Crippen molar-refractivity contribution in [3.05, 3.63) is 22.4 Å². The van der Waals surface area contributed by atoms with Crippen LogP contribution in [-0.4, -0.2) is 29.6 Å². The maximum Gasteiger partial charge on any atom is 0.305 e. The Labute approximate surface area is 109 Å². The molecule has 3 N–H and O–H groups in total. The average Bonchev–Trinajstić information content (AvgIpc) is 3.01. The molecule has 2 unspecified atom stereocenters. The minimum Gasteiger partial charge on any atom is -0.481 e. The topological polar surface area (TPSA) is 78.4 Å². The molecule has 1 aliphatic rings. The van der Waals surface area contributed by atoms with E-state index in [1.54, 1.807) is 0 Å². The van der Waals surface area contributed by atoms with Crippen LogP contribution in [0.5, 0.6) is 0 Å². The van der Waals surface area contributed by atoms with Crippen LogP contribution in [0.4, 0.5) is 0 Å². The summed E-state index contributed by atoms with van der Waals surface area (Å²) in [4.78, 5) is 23.7. The zero-order valence-corrected chi connectivity index (χ0v) is 10.7. The van der Waals surface area contributed by atoms with Crippen molar-refractivity contribution >= 4 is 23.2 Å². The van der Waals surface area contributed by atoms with Crippen LogP contribution < -0.4 is 10.6 Å². The lowest BCUT2D eigenvalue weighted by Gasteiger charge is -2.18. The van der Waals surface area contributed by atoms with Crippen molar-refractivity contribution in [3.63, 3.8) is 0 Å². The fraction of sp³-hybridized carbons (Fsp3) is 0.500. The molecule has 0 aromatic carbocycles. The van der Waals surface area contributed by atoms with Crippen molar-refractivity contribution < 1.29 is 14.7 Å². The molecule has 1 saturated heterocycles. The summed E-state index contributed by atoms with van der Waals surface area (Å²) in [6.45, 7) is 0.848. The molecule has 0 aliphatic carbocycles. The monoisotopic (exact) mass is 268 g/mol. The Morgan fingerprint density at radius 2 is 2.44 bits per heavy atom. The molecule has 1 aliphatic heterocycles. The van der Waals surface area contributed by atoms with Gasteiger partial charge in [-0.2, -0.15) is 0 Å². The molecular weight excluding hydrogens is 252 g/mol. The number of nitrogens with one attached hydrogen (secondary N) is 2. The predicted octanol–water partition coefficient (Wildman–Crippen LogP) is 1.13. The molecule has 98 valence electrons. The fourth-order valence-electron chi connectivity index (χ4n) is 2.07. The van der Waals surface area contributed by atoms with Crippen LogP contribution in [0.15, 0.2) is 17.5 Å². The Morgan fingerprint density at radius 1 is 1.61 bits per heavy atom. The van der Waals surface area contributed by atoms with Crippen molar-refractivity contribution in [1.29, 1.82) is 0 Å². The molecule has 2 heterocycles. The van der Waals surface area contributed by atoms with E-state index in [1.807, 2.05) is 17.5 Å². The normalized spacial score (nSPS) is 20.6. The van der Waals surface area contributed by atoms with E-state index in [0.29, 0.717) is 0 Å². The van der Waals surface area contributed by atoms with E-state index in [9.17, 15) is 9.59 Å². The minimum atomic E-state index is -0.909. The summed E-state index contributed by atoms with van der Waals surface area (Å²) >= 11 is 1.46. The highest BCUT2D eigenvalue weighted by Gasteiger charge is 2.26. The van der Waals surface area contributed by atoms with E-state index in [1.165, 1.54) is 11.3 Å². The van der Waals surface area contributed by atoms with Crippen molar-refractivity contribution in [2.45, 2.75) is 31.3 Å². The van der Waals surface area contributed by atoms with Crippen LogP contribution in [0.3, 0.4) is 0 Å². The predicted molar refractivity (Wildman–Crippen MR) is 68.5 cm³/mol. The van der Waals surface area contributed by atoms with Crippen LogP contribution in [0.25, 0.3) is 0 Å². The first kappa shape index (κ1) is 13.0. The largest absolute Gasteiger partial charge is 0.481 e. The first-order valence-corrected chi connectivity index (χ1v) is 6.83. The quantitative estimate of drug-likeness (QED) is 0.748. The zero-order chi connectivity index (χ0) is 13.0. The number of carbonyl (C=O) groups excluding carboxylic acids is 1.